The van der Waals surface area contributed by atoms with Crippen molar-refractivity contribution in [2.45, 2.75) is 26.4 Å². The molecule has 0 aromatic carbocycles. The fourth-order valence-corrected chi connectivity index (χ4v) is 1.40. The summed E-state index contributed by atoms with van der Waals surface area (Å²) in [6.45, 7) is 6.56. The minimum atomic E-state index is 0.326. The van der Waals surface area contributed by atoms with Gasteiger partial charge in [0.15, 0.2) is 0 Å². The molecular formula is C8H14N6. The molecule has 0 saturated heterocycles. The van der Waals surface area contributed by atoms with Gasteiger partial charge in [-0.05, 0) is 13.8 Å². The summed E-state index contributed by atoms with van der Waals surface area (Å²) < 4.78 is 1.83. The quantitative estimate of drug-likeness (QED) is 0.710. The first-order valence-corrected chi connectivity index (χ1v) is 4.76. The third-order valence-electron chi connectivity index (χ3n) is 2.09. The monoisotopic (exact) mass is 194 g/mol. The summed E-state index contributed by atoms with van der Waals surface area (Å²) in [4.78, 5) is 0. The van der Waals surface area contributed by atoms with Gasteiger partial charge >= 0.3 is 0 Å². The maximum absolute atomic E-state index is 4.04. The standard InChI is InChI=1S/C8H14N6/c1-7-5-13(11-9-7)3-4-14-6-8(2)10-12-14/h5,8H,3-4,6H2,1-2H3/t8-/m0/s1. The van der Waals surface area contributed by atoms with Crippen LogP contribution in [0.25, 0.3) is 0 Å². The van der Waals surface area contributed by atoms with Crippen molar-refractivity contribution in [2.24, 2.45) is 10.3 Å². The Morgan fingerprint density at radius 3 is 2.93 bits per heavy atom. The van der Waals surface area contributed by atoms with Gasteiger partial charge in [-0.25, -0.2) is 0 Å². The van der Waals surface area contributed by atoms with Crippen LogP contribution in [0.15, 0.2) is 16.5 Å². The summed E-state index contributed by atoms with van der Waals surface area (Å²) in [7, 11) is 0. The molecule has 0 aliphatic carbocycles. The molecule has 6 heteroatoms. The molecule has 2 heterocycles. The molecule has 0 bridgehead atoms. The molecule has 0 amide bonds. The van der Waals surface area contributed by atoms with Crippen LogP contribution < -0.4 is 0 Å². The zero-order valence-electron chi connectivity index (χ0n) is 8.46. The van der Waals surface area contributed by atoms with Gasteiger partial charge in [0.2, 0.25) is 0 Å². The highest BCUT2D eigenvalue weighted by atomic mass is 15.6. The fourth-order valence-electron chi connectivity index (χ4n) is 1.40. The molecule has 2 rings (SSSR count). The van der Waals surface area contributed by atoms with Gasteiger partial charge in [0.05, 0.1) is 31.4 Å². The van der Waals surface area contributed by atoms with Crippen molar-refractivity contribution in [1.29, 1.82) is 0 Å². The normalized spacial score (nSPS) is 20.7. The van der Waals surface area contributed by atoms with Crippen LogP contribution in [0.2, 0.25) is 0 Å². The summed E-state index contributed by atoms with van der Waals surface area (Å²) >= 11 is 0. The number of aromatic nitrogens is 3. The molecule has 1 aromatic rings. The minimum Gasteiger partial charge on any atom is -0.275 e. The van der Waals surface area contributed by atoms with Crippen molar-refractivity contribution in [3.63, 3.8) is 0 Å². The van der Waals surface area contributed by atoms with Crippen LogP contribution in [0.1, 0.15) is 12.6 Å². The van der Waals surface area contributed by atoms with E-state index in [9.17, 15) is 0 Å². The van der Waals surface area contributed by atoms with E-state index in [4.69, 9.17) is 0 Å². The minimum absolute atomic E-state index is 0.326. The molecule has 1 aliphatic heterocycles. The molecule has 1 aliphatic rings. The van der Waals surface area contributed by atoms with Crippen molar-refractivity contribution in [3.8, 4) is 0 Å². The smallest absolute Gasteiger partial charge is 0.0893 e. The SMILES string of the molecule is Cc1cn(CCN2C[C@H](C)N=N2)nn1. The van der Waals surface area contributed by atoms with Crippen LogP contribution >= 0.6 is 0 Å². The largest absolute Gasteiger partial charge is 0.275 e. The van der Waals surface area contributed by atoms with Crippen LogP contribution in [0.4, 0.5) is 0 Å². The van der Waals surface area contributed by atoms with Gasteiger partial charge in [-0.15, -0.1) is 5.10 Å². The number of hydrogen-bond donors (Lipinski definition) is 0. The molecule has 6 nitrogen and oxygen atoms in total. The maximum atomic E-state index is 4.04. The van der Waals surface area contributed by atoms with Crippen LogP contribution in [0.5, 0.6) is 0 Å². The number of rotatable bonds is 3. The summed E-state index contributed by atoms with van der Waals surface area (Å²) in [5, 5.41) is 17.9. The second kappa shape index (κ2) is 3.73. The molecule has 1 aromatic heterocycles. The van der Waals surface area contributed by atoms with E-state index in [0.29, 0.717) is 6.04 Å². The molecule has 0 saturated carbocycles. The average Bonchev–Trinajstić information content (AvgIpc) is 2.72. The summed E-state index contributed by atoms with van der Waals surface area (Å²) in [6, 6.07) is 0.326. The summed E-state index contributed by atoms with van der Waals surface area (Å²) in [5.74, 6) is 0. The molecule has 0 radical (unpaired) electrons. The lowest BCUT2D eigenvalue weighted by Gasteiger charge is -2.11. The van der Waals surface area contributed by atoms with Crippen LogP contribution in [-0.2, 0) is 6.54 Å². The first kappa shape index (κ1) is 9.11. The third kappa shape index (κ3) is 2.07. The topological polar surface area (TPSA) is 58.7 Å². The molecule has 0 unspecified atom stereocenters. The second-order valence-corrected chi connectivity index (χ2v) is 3.59. The predicted molar refractivity (Wildman–Crippen MR) is 50.7 cm³/mol. The summed E-state index contributed by atoms with van der Waals surface area (Å²) in [6.07, 6.45) is 1.93. The third-order valence-corrected chi connectivity index (χ3v) is 2.09. The first-order chi connectivity index (χ1) is 6.74. The van der Waals surface area contributed by atoms with E-state index in [1.807, 2.05) is 22.8 Å². The zero-order valence-corrected chi connectivity index (χ0v) is 8.46. The molecule has 1 atom stereocenters. The highest BCUT2D eigenvalue weighted by Crippen LogP contribution is 2.07. The van der Waals surface area contributed by atoms with Crippen molar-refractivity contribution >= 4 is 0 Å². The Bertz CT molecular complexity index is 330. The van der Waals surface area contributed by atoms with Gasteiger partial charge in [0, 0.05) is 6.20 Å². The number of nitrogens with zero attached hydrogens (tertiary/aromatic N) is 6. The summed E-state index contributed by atoms with van der Waals surface area (Å²) in [5.41, 5.74) is 0.946. The molecule has 76 valence electrons. The second-order valence-electron chi connectivity index (χ2n) is 3.59. The average molecular weight is 194 g/mol. The van der Waals surface area contributed by atoms with E-state index in [2.05, 4.69) is 27.6 Å². The van der Waals surface area contributed by atoms with Gasteiger partial charge in [-0.2, -0.15) is 5.11 Å². The van der Waals surface area contributed by atoms with Crippen molar-refractivity contribution < 1.29 is 0 Å². The first-order valence-electron chi connectivity index (χ1n) is 4.76. The molecular weight excluding hydrogens is 180 g/mol. The van der Waals surface area contributed by atoms with Crippen LogP contribution in [0, 0.1) is 6.92 Å². The Kier molecular flexibility index (Phi) is 2.43. The molecule has 0 spiro atoms. The van der Waals surface area contributed by atoms with Crippen molar-refractivity contribution in [1.82, 2.24) is 20.0 Å². The Morgan fingerprint density at radius 2 is 2.36 bits per heavy atom. The van der Waals surface area contributed by atoms with E-state index in [0.717, 1.165) is 25.3 Å². The van der Waals surface area contributed by atoms with E-state index >= 15 is 0 Å². The van der Waals surface area contributed by atoms with E-state index in [-0.39, 0.29) is 0 Å². The Morgan fingerprint density at radius 1 is 1.50 bits per heavy atom. The highest BCUT2D eigenvalue weighted by Gasteiger charge is 2.13. The highest BCUT2D eigenvalue weighted by molar-refractivity contribution is 4.86. The lowest BCUT2D eigenvalue weighted by molar-refractivity contribution is 0.289. The number of hydrogen-bond acceptors (Lipinski definition) is 5. The Balaban J connectivity index is 1.81. The number of aryl methyl sites for hydroxylation is 1. The van der Waals surface area contributed by atoms with Crippen molar-refractivity contribution in [2.75, 3.05) is 13.1 Å². The van der Waals surface area contributed by atoms with Gasteiger partial charge in [-0.1, -0.05) is 10.4 Å². The van der Waals surface area contributed by atoms with Gasteiger partial charge < -0.3 is 0 Å². The predicted octanol–water partition coefficient (Wildman–Crippen LogP) is 0.658. The lowest BCUT2D eigenvalue weighted by atomic mass is 10.3. The molecule has 14 heavy (non-hydrogen) atoms. The van der Waals surface area contributed by atoms with Crippen LogP contribution in [0.3, 0.4) is 0 Å². The van der Waals surface area contributed by atoms with Gasteiger partial charge in [-0.3, -0.25) is 9.69 Å². The van der Waals surface area contributed by atoms with Crippen molar-refractivity contribution in [3.05, 3.63) is 11.9 Å². The Labute approximate surface area is 82.6 Å². The molecule has 0 fully saturated rings. The van der Waals surface area contributed by atoms with E-state index < -0.39 is 0 Å². The fraction of sp³-hybridized carbons (Fsp3) is 0.750. The lowest BCUT2D eigenvalue weighted by Crippen LogP contribution is -2.23. The van der Waals surface area contributed by atoms with E-state index in [1.165, 1.54) is 0 Å². The van der Waals surface area contributed by atoms with Gasteiger partial charge in [0.25, 0.3) is 0 Å². The van der Waals surface area contributed by atoms with E-state index in [1.54, 1.807) is 0 Å². The molecule has 0 N–H and O–H groups in total. The zero-order chi connectivity index (χ0) is 9.97. The maximum Gasteiger partial charge on any atom is 0.0893 e. The van der Waals surface area contributed by atoms with Crippen LogP contribution in [-0.4, -0.2) is 39.1 Å². The Hall–Kier alpha value is -1.46. The van der Waals surface area contributed by atoms with Gasteiger partial charge in [0.1, 0.15) is 0 Å².